The highest BCUT2D eigenvalue weighted by Crippen LogP contribution is 2.32. The molecule has 0 bridgehead atoms. The van der Waals surface area contributed by atoms with Gasteiger partial charge in [-0.1, -0.05) is 13.0 Å². The highest BCUT2D eigenvalue weighted by Gasteiger charge is 2.29. The van der Waals surface area contributed by atoms with Gasteiger partial charge in [0.05, 0.1) is 0 Å². The molecule has 0 fully saturated rings. The molecule has 1 aromatic carbocycles. The first-order valence-electron chi connectivity index (χ1n) is 10.5. The van der Waals surface area contributed by atoms with Gasteiger partial charge in [0.15, 0.2) is 17.2 Å². The van der Waals surface area contributed by atoms with Crippen LogP contribution in [0, 0.1) is 0 Å². The molecule has 0 saturated carbocycles. The zero-order chi connectivity index (χ0) is 20.4. The maximum absolute atomic E-state index is 12.6. The average molecular weight is 399 g/mol. The Morgan fingerprint density at radius 2 is 2.14 bits per heavy atom. The molecule has 2 heterocycles. The maximum atomic E-state index is 12.6. The minimum absolute atomic E-state index is 0.00267. The number of carbonyl (C=O) groups excluding carboxylic acids is 1. The summed E-state index contributed by atoms with van der Waals surface area (Å²) < 4.78 is 12.9. The van der Waals surface area contributed by atoms with Gasteiger partial charge in [0.1, 0.15) is 0 Å². The zero-order valence-corrected chi connectivity index (χ0v) is 17.5. The van der Waals surface area contributed by atoms with Gasteiger partial charge >= 0.3 is 0 Å². The minimum Gasteiger partial charge on any atom is -0.454 e. The second kappa shape index (κ2) is 8.45. The summed E-state index contributed by atoms with van der Waals surface area (Å²) in [6.45, 7) is 4.21. The first-order chi connectivity index (χ1) is 14.1. The molecule has 4 rings (SSSR count). The number of hydrogen-bond donors (Lipinski definition) is 1. The fourth-order valence-electron chi connectivity index (χ4n) is 4.16. The lowest BCUT2D eigenvalue weighted by Crippen LogP contribution is -2.36. The summed E-state index contributed by atoms with van der Waals surface area (Å²) in [5.74, 6) is 1.65. The van der Waals surface area contributed by atoms with E-state index in [2.05, 4.69) is 34.2 Å². The van der Waals surface area contributed by atoms with Crippen LogP contribution in [-0.4, -0.2) is 54.1 Å². The predicted molar refractivity (Wildman–Crippen MR) is 111 cm³/mol. The Balaban J connectivity index is 1.40. The maximum Gasteiger partial charge on any atom is 0.274 e. The quantitative estimate of drug-likeness (QED) is 0.776. The number of aromatic nitrogens is 2. The number of nitrogens with one attached hydrogen (secondary N) is 1. The molecule has 2 aliphatic rings. The SMILES string of the molecule is CCCn1nc(C(=O)N(C)C)c2c1CCC(NCCc1ccc3c(c1)OCO3)C2. The molecule has 0 spiro atoms. The molecule has 1 atom stereocenters. The molecule has 1 amide bonds. The molecule has 0 saturated heterocycles. The Morgan fingerprint density at radius 3 is 2.93 bits per heavy atom. The normalized spacial score (nSPS) is 17.3. The van der Waals surface area contributed by atoms with Crippen LogP contribution in [0.2, 0.25) is 0 Å². The molecular weight excluding hydrogens is 368 g/mol. The number of amides is 1. The number of carbonyl (C=O) groups is 1. The van der Waals surface area contributed by atoms with Crippen molar-refractivity contribution < 1.29 is 14.3 Å². The summed E-state index contributed by atoms with van der Waals surface area (Å²) >= 11 is 0. The summed E-state index contributed by atoms with van der Waals surface area (Å²) in [6, 6.07) is 6.50. The number of fused-ring (bicyclic) bond motifs is 2. The fourth-order valence-corrected chi connectivity index (χ4v) is 4.16. The van der Waals surface area contributed by atoms with Crippen molar-refractivity contribution in [3.63, 3.8) is 0 Å². The third-order valence-electron chi connectivity index (χ3n) is 5.67. The second-order valence-electron chi connectivity index (χ2n) is 8.03. The van der Waals surface area contributed by atoms with E-state index in [-0.39, 0.29) is 5.91 Å². The van der Waals surface area contributed by atoms with Crippen LogP contribution >= 0.6 is 0 Å². The smallest absolute Gasteiger partial charge is 0.274 e. The number of ether oxygens (including phenoxy) is 2. The number of aryl methyl sites for hydroxylation is 1. The first-order valence-corrected chi connectivity index (χ1v) is 10.5. The van der Waals surface area contributed by atoms with Crippen molar-refractivity contribution in [2.24, 2.45) is 0 Å². The number of rotatable bonds is 7. The van der Waals surface area contributed by atoms with E-state index in [1.807, 2.05) is 6.07 Å². The van der Waals surface area contributed by atoms with Gasteiger partial charge in [-0.25, -0.2) is 0 Å². The third kappa shape index (κ3) is 4.10. The molecule has 1 aliphatic carbocycles. The molecule has 2 aromatic rings. The van der Waals surface area contributed by atoms with Gasteiger partial charge in [0.2, 0.25) is 6.79 Å². The monoisotopic (exact) mass is 398 g/mol. The molecular formula is C22H30N4O3. The molecule has 7 heteroatoms. The lowest BCUT2D eigenvalue weighted by atomic mass is 9.91. The number of benzene rings is 1. The van der Waals surface area contributed by atoms with E-state index in [4.69, 9.17) is 9.47 Å². The topological polar surface area (TPSA) is 68.6 Å². The Bertz CT molecular complexity index is 890. The van der Waals surface area contributed by atoms with Gasteiger partial charge in [-0.15, -0.1) is 0 Å². The predicted octanol–water partition coefficient (Wildman–Crippen LogP) is 2.41. The van der Waals surface area contributed by atoms with E-state index in [0.717, 1.165) is 62.3 Å². The summed E-state index contributed by atoms with van der Waals surface area (Å²) in [5, 5.41) is 8.35. The van der Waals surface area contributed by atoms with Crippen LogP contribution in [0.1, 0.15) is 47.1 Å². The Morgan fingerprint density at radius 1 is 1.31 bits per heavy atom. The lowest BCUT2D eigenvalue weighted by Gasteiger charge is -2.25. The molecule has 1 aliphatic heterocycles. The third-order valence-corrected chi connectivity index (χ3v) is 5.67. The largest absolute Gasteiger partial charge is 0.454 e. The molecule has 7 nitrogen and oxygen atoms in total. The van der Waals surface area contributed by atoms with E-state index in [1.54, 1.807) is 19.0 Å². The molecule has 156 valence electrons. The molecule has 1 N–H and O–H groups in total. The van der Waals surface area contributed by atoms with Crippen LogP contribution in [0.4, 0.5) is 0 Å². The second-order valence-corrected chi connectivity index (χ2v) is 8.03. The van der Waals surface area contributed by atoms with Crippen LogP contribution in [0.3, 0.4) is 0 Å². The van der Waals surface area contributed by atoms with Crippen LogP contribution < -0.4 is 14.8 Å². The summed E-state index contributed by atoms with van der Waals surface area (Å²) in [4.78, 5) is 14.3. The van der Waals surface area contributed by atoms with Crippen molar-refractivity contribution in [3.05, 3.63) is 40.7 Å². The van der Waals surface area contributed by atoms with Crippen molar-refractivity contribution in [1.29, 1.82) is 0 Å². The Labute approximate surface area is 172 Å². The highest BCUT2D eigenvalue weighted by atomic mass is 16.7. The van der Waals surface area contributed by atoms with Crippen LogP contribution in [0.25, 0.3) is 0 Å². The van der Waals surface area contributed by atoms with Gasteiger partial charge < -0.3 is 19.7 Å². The Hall–Kier alpha value is -2.54. The van der Waals surface area contributed by atoms with Gasteiger partial charge in [-0.3, -0.25) is 9.48 Å². The zero-order valence-electron chi connectivity index (χ0n) is 17.5. The Kier molecular flexibility index (Phi) is 5.76. The van der Waals surface area contributed by atoms with Gasteiger partial charge in [-0.2, -0.15) is 5.10 Å². The van der Waals surface area contributed by atoms with E-state index in [1.165, 1.54) is 11.3 Å². The highest BCUT2D eigenvalue weighted by molar-refractivity contribution is 5.93. The van der Waals surface area contributed by atoms with Crippen molar-refractivity contribution in [3.8, 4) is 11.5 Å². The number of nitrogens with zero attached hydrogens (tertiary/aromatic N) is 3. The van der Waals surface area contributed by atoms with Crippen LogP contribution in [0.15, 0.2) is 18.2 Å². The van der Waals surface area contributed by atoms with E-state index < -0.39 is 0 Å². The lowest BCUT2D eigenvalue weighted by molar-refractivity contribution is 0.0819. The summed E-state index contributed by atoms with van der Waals surface area (Å²) in [5.41, 5.74) is 4.23. The van der Waals surface area contributed by atoms with Gasteiger partial charge in [-0.05, 0) is 56.3 Å². The molecule has 0 radical (unpaired) electrons. The average Bonchev–Trinajstić information content (AvgIpc) is 3.32. The first kappa shape index (κ1) is 19.8. The summed E-state index contributed by atoms with van der Waals surface area (Å²) in [6.07, 6.45) is 4.83. The van der Waals surface area contributed by atoms with Crippen molar-refractivity contribution in [2.75, 3.05) is 27.4 Å². The molecule has 1 unspecified atom stereocenters. The molecule has 1 aromatic heterocycles. The van der Waals surface area contributed by atoms with Gasteiger partial charge in [0, 0.05) is 37.9 Å². The van der Waals surface area contributed by atoms with E-state index >= 15 is 0 Å². The van der Waals surface area contributed by atoms with E-state index in [0.29, 0.717) is 18.5 Å². The van der Waals surface area contributed by atoms with Crippen LogP contribution in [0.5, 0.6) is 11.5 Å². The van der Waals surface area contributed by atoms with E-state index in [9.17, 15) is 4.79 Å². The van der Waals surface area contributed by atoms with Crippen molar-refractivity contribution in [1.82, 2.24) is 20.0 Å². The van der Waals surface area contributed by atoms with Crippen molar-refractivity contribution >= 4 is 5.91 Å². The van der Waals surface area contributed by atoms with Crippen LogP contribution in [-0.2, 0) is 25.8 Å². The minimum atomic E-state index is -0.00267. The standard InChI is InChI=1S/C22H30N4O3/c1-4-11-26-18-7-6-16(13-17(18)21(24-26)22(27)25(2)3)23-10-9-15-5-8-19-20(12-15)29-14-28-19/h5,8,12,16,23H,4,6-7,9-11,13-14H2,1-3H3. The summed E-state index contributed by atoms with van der Waals surface area (Å²) in [7, 11) is 3.58. The fraction of sp³-hybridized carbons (Fsp3) is 0.545. The van der Waals surface area contributed by atoms with Crippen molar-refractivity contribution in [2.45, 2.75) is 51.6 Å². The van der Waals surface area contributed by atoms with Gasteiger partial charge in [0.25, 0.3) is 5.91 Å². The number of hydrogen-bond acceptors (Lipinski definition) is 5. The molecule has 29 heavy (non-hydrogen) atoms.